The van der Waals surface area contributed by atoms with Crippen molar-refractivity contribution in [2.45, 2.75) is 467 Å². The number of hydrogen-bond donors (Lipinski definition) is 9. The van der Waals surface area contributed by atoms with Crippen LogP contribution < -0.4 is 11.1 Å². The first-order valence-electron chi connectivity index (χ1n) is 57.3. The zero-order valence-corrected chi connectivity index (χ0v) is 96.3. The first-order valence-corrected chi connectivity index (χ1v) is 57.3. The number of allylic oxidation sites excluding steroid dienone is 10. The number of aliphatic hydroxyl groups excluding tert-OH is 4. The van der Waals surface area contributed by atoms with Crippen LogP contribution >= 0.6 is 0 Å². The molecule has 1 aliphatic heterocycles. The number of carbonyl (C=O) groups excluding carboxylic acids is 4. The predicted molar refractivity (Wildman–Crippen MR) is 586 cm³/mol. The Bertz CT molecular complexity index is 4620. The molecule has 0 unspecified atom stereocenters. The van der Waals surface area contributed by atoms with Crippen molar-refractivity contribution in [3.63, 3.8) is 0 Å². The molecular weight excluding hydrogens is 1860 g/mol. The fourth-order valence-corrected chi connectivity index (χ4v) is 31.9. The van der Waals surface area contributed by atoms with E-state index in [1.54, 1.807) is 61.5 Å². The van der Waals surface area contributed by atoms with Crippen LogP contribution in [0.15, 0.2) is 144 Å². The monoisotopic (exact) mass is 2070 g/mol. The van der Waals surface area contributed by atoms with Crippen molar-refractivity contribution in [3.8, 4) is 0 Å². The molecule has 2 aromatic rings. The Morgan fingerprint density at radius 3 is 1.17 bits per heavy atom. The van der Waals surface area contributed by atoms with E-state index in [9.17, 15) is 43.3 Å². The Balaban J connectivity index is 0.000000232. The van der Waals surface area contributed by atoms with Crippen molar-refractivity contribution in [2.24, 2.45) is 119 Å². The van der Waals surface area contributed by atoms with Crippen LogP contribution in [0.3, 0.4) is 0 Å². The fourth-order valence-electron chi connectivity index (χ4n) is 31.9. The maximum absolute atomic E-state index is 14.8. The number of alkyl halides is 2. The number of ketones is 1. The van der Waals surface area contributed by atoms with E-state index in [4.69, 9.17) is 40.4 Å². The molecular formula is C127H202F2N2O14Ti. The fraction of sp³-hybridized carbons (Fsp3) is 0.764. The third kappa shape index (κ3) is 27.9. The second kappa shape index (κ2) is 52.1. The summed E-state index contributed by atoms with van der Waals surface area (Å²) in [4.78, 5) is 46.4. The molecule has 2 aromatic carbocycles. The smallest absolute Gasteiger partial charge is 0.315 e. The largest absolute Gasteiger partial charge is 0.460 e. The van der Waals surface area contributed by atoms with Gasteiger partial charge in [0.05, 0.1) is 27.6 Å². The Morgan fingerprint density at radius 2 is 0.849 bits per heavy atom. The van der Waals surface area contributed by atoms with Gasteiger partial charge in [-0.2, -0.15) is 0 Å². The Hall–Kier alpha value is -4.93. The molecule has 16 aliphatic carbocycles. The molecule has 19 heteroatoms. The number of nitrogens with two attached hydrogens (primary N) is 1. The van der Waals surface area contributed by atoms with Gasteiger partial charge >= 0.3 is 11.9 Å². The molecule has 12 saturated carbocycles. The van der Waals surface area contributed by atoms with Crippen molar-refractivity contribution in [1.29, 1.82) is 0 Å². The van der Waals surface area contributed by atoms with Gasteiger partial charge in [-0.25, -0.2) is 8.78 Å². The molecule has 0 spiro atoms. The average Bonchev–Trinajstić information content (AvgIpc) is 1.13. The van der Waals surface area contributed by atoms with E-state index in [-0.39, 0.29) is 109 Å². The van der Waals surface area contributed by atoms with Crippen molar-refractivity contribution in [3.05, 3.63) is 155 Å². The predicted octanol–water partition coefficient (Wildman–Crippen LogP) is 27.4. The van der Waals surface area contributed by atoms with Gasteiger partial charge in [0.25, 0.3) is 0 Å². The van der Waals surface area contributed by atoms with E-state index >= 15 is 0 Å². The van der Waals surface area contributed by atoms with Crippen molar-refractivity contribution >= 4 is 24.0 Å². The van der Waals surface area contributed by atoms with Crippen LogP contribution in [0.5, 0.6) is 0 Å². The van der Waals surface area contributed by atoms with Gasteiger partial charge in [-0.15, -0.1) is 6.58 Å². The first-order chi connectivity index (χ1) is 68.1. The molecule has 16 nitrogen and oxygen atoms in total. The molecule has 19 rings (SSSR count). The van der Waals surface area contributed by atoms with Gasteiger partial charge in [-0.3, -0.25) is 14.4 Å². The molecule has 20 atom stereocenters. The van der Waals surface area contributed by atoms with Crippen LogP contribution in [0.2, 0.25) is 0 Å². The third-order valence-corrected chi connectivity index (χ3v) is 40.7. The van der Waals surface area contributed by atoms with Gasteiger partial charge in [-0.1, -0.05) is 185 Å². The molecule has 17 aliphatic rings. The van der Waals surface area contributed by atoms with Gasteiger partial charge in [0.1, 0.15) is 38.6 Å². The number of nitrogens with one attached hydrogen (secondary N) is 1. The second-order valence-electron chi connectivity index (χ2n) is 52.5. The summed E-state index contributed by atoms with van der Waals surface area (Å²) in [5.74, 6) is 5.93. The number of fused-ring (bicyclic) bond motifs is 14. The van der Waals surface area contributed by atoms with Crippen LogP contribution in [0.1, 0.15) is 413 Å². The number of esters is 2. The molecule has 10 N–H and O–H groups in total. The quantitative estimate of drug-likeness (QED) is 0.0258. The number of carbonyl (C=O) groups is 4. The number of rotatable bonds is 20. The van der Waals surface area contributed by atoms with E-state index in [1.165, 1.54) is 162 Å². The Kier molecular flexibility index (Phi) is 44.4. The molecule has 0 aromatic heterocycles. The van der Waals surface area contributed by atoms with E-state index in [0.717, 1.165) is 140 Å². The maximum atomic E-state index is 14.8. The zero-order valence-electron chi connectivity index (χ0n) is 94.7. The average molecular weight is 2070 g/mol. The summed E-state index contributed by atoms with van der Waals surface area (Å²) in [6.07, 6.45) is 53.5. The number of halogens is 2. The molecule has 1 heterocycles. The minimum absolute atomic E-state index is 0. The SMILES string of the molecule is C1CCOC1.C=C(C)[C@@H]1CC[C@]2(N)CC[C@]3(C)[C@H](CC[C@@H]4[C@@]5(C)CC=C(C6=CC[C@](CF)(C(=O)OCc7ccccc7)CC6)C(C)(C)[C@@H]5CC[C@]43C)[C@@H]12.C=C(C)[C@@H]1CC[C@]2(NCCC3(O)CCC3)CC[C@]3(C)[C@H](CC[C@@H]4[C@@]5(C)CC=C(C6=CC[C@](CF)(C(=O)OCc7ccccc7)CC6)C(C)(C)[C@@H]5CC[C@]43C)[C@@H]12.C=CCC1(O)CCC1.CC(C)O.CC(C)O.CC(C)O.CC(C)O.O=C1CCC1.O=CCC1(O)CCC1.[Ti]. The minimum Gasteiger partial charge on any atom is -0.460 e. The van der Waals surface area contributed by atoms with Gasteiger partial charge in [0, 0.05) is 89.7 Å². The maximum Gasteiger partial charge on any atom is 0.315 e. The van der Waals surface area contributed by atoms with Gasteiger partial charge < -0.3 is 65.8 Å². The number of aliphatic hydroxyl groups is 7. The summed E-state index contributed by atoms with van der Waals surface area (Å²) in [6, 6.07) is 19.4. The molecule has 146 heavy (non-hydrogen) atoms. The normalized spacial score (nSPS) is 35.9. The number of benzene rings is 2. The molecule has 13 fully saturated rings. The second-order valence-corrected chi connectivity index (χ2v) is 52.5. The van der Waals surface area contributed by atoms with Crippen LogP contribution in [0.25, 0.3) is 0 Å². The van der Waals surface area contributed by atoms with E-state index in [2.05, 4.69) is 132 Å². The van der Waals surface area contributed by atoms with Crippen molar-refractivity contribution < 1.29 is 99.6 Å². The van der Waals surface area contributed by atoms with Crippen LogP contribution in [0, 0.1) is 113 Å². The number of aldehydes is 1. The van der Waals surface area contributed by atoms with E-state index < -0.39 is 47.3 Å². The van der Waals surface area contributed by atoms with Crippen molar-refractivity contribution in [1.82, 2.24) is 5.32 Å². The van der Waals surface area contributed by atoms with Crippen LogP contribution in [0.4, 0.5) is 8.78 Å². The summed E-state index contributed by atoms with van der Waals surface area (Å²) >= 11 is 0. The Morgan fingerprint density at radius 1 is 0.466 bits per heavy atom. The summed E-state index contributed by atoms with van der Waals surface area (Å²) in [6.45, 7) is 59.1. The van der Waals surface area contributed by atoms with Crippen molar-refractivity contribution in [2.75, 3.05) is 33.1 Å². The number of hydrogen-bond acceptors (Lipinski definition) is 16. The standard InChI is InChI=1S/C50H72FNO3.C44H62FNO2.C7H12O.C6H10O2.C4H8O.C4H6O.4C3H8O.Ti/c1-34(2)37-18-27-50(52-31-30-49(54)21-11-22-49)29-28-46(6)39(42(37)50)14-15-41-45(5)23-19-38(44(3,4)40(45)20-24-47(41,46)7)36-16-25-48(33-51,26-17-36)43(53)55-32-35-12-9-8-10-13-35;1-29(2)32-17-24-44(46)26-25-41(6)34(37(32)44)13-14-36-40(5)20-18-33(39(3,4)35(40)19-21-42(36,41)7)31-15-22-43(28-45,23-16-31)38(47)48-27-30-11-9-8-10-12-30;1-2-4-7(8)5-3-6-7;7-5-4-6(8)2-1-3-6;1-2-4-5-3-1;5-4-2-1-3-4;4*1-3(2)4;/h8-10,12-13,16,19,37,39-42,52,54H,1,11,14-15,17-18,20-33H2,2-7H3;8-12,15,18,32,34-37H,1,13-14,16-17,19-28,46H2,2-7H3;2,8H,1,3-6H2;5,8H,1-4H2;1-4H2;1-3H2;4*3-4H,1-2H3;/t37-,39+,40-,41+,42+,45-,46+,47+,48-,50-;32-,34+,35-,36+,37+,40-,41+,42+,43-,44-;;;;;;;;;/m00........./s1. The summed E-state index contributed by atoms with van der Waals surface area (Å²) in [5.41, 5.74) is 15.8. The van der Waals surface area contributed by atoms with Crippen LogP contribution in [-0.4, -0.2) is 145 Å². The van der Waals surface area contributed by atoms with Gasteiger partial charge in [0.15, 0.2) is 0 Å². The summed E-state index contributed by atoms with van der Waals surface area (Å²) < 4.78 is 45.7. The zero-order chi connectivity index (χ0) is 107. The van der Waals surface area contributed by atoms with E-state index in [1.807, 2.05) is 60.7 Å². The number of Topliss-reactive ketones (excluding diaryl/α,β-unsaturated/α-hetero) is 1. The summed E-state index contributed by atoms with van der Waals surface area (Å²) in [7, 11) is 0. The summed E-state index contributed by atoms with van der Waals surface area (Å²) in [5, 5.41) is 65.9. The topological polar surface area (TPSA) is 276 Å². The molecule has 1 saturated heterocycles. The van der Waals surface area contributed by atoms with E-state index in [0.29, 0.717) is 108 Å². The minimum atomic E-state index is -1.08. The van der Waals surface area contributed by atoms with Gasteiger partial charge in [-0.05, 0) is 456 Å². The first kappa shape index (κ1) is 125. The molecule has 0 radical (unpaired) electrons. The van der Waals surface area contributed by atoms with Gasteiger partial charge in [0.2, 0.25) is 0 Å². The Labute approximate surface area is 897 Å². The molecule has 822 valence electrons. The van der Waals surface area contributed by atoms with Crippen LogP contribution in [-0.2, 0) is 68.3 Å². The number of ether oxygens (including phenoxy) is 3. The molecule has 0 bridgehead atoms. The molecule has 0 amide bonds. The third-order valence-electron chi connectivity index (χ3n) is 40.7.